The van der Waals surface area contributed by atoms with Crippen molar-refractivity contribution in [2.24, 2.45) is 0 Å². The van der Waals surface area contributed by atoms with Crippen LogP contribution < -0.4 is 5.32 Å². The molecule has 0 bridgehead atoms. The molecule has 6 nitrogen and oxygen atoms in total. The van der Waals surface area contributed by atoms with Crippen molar-refractivity contribution >= 4 is 17.5 Å². The molecule has 1 N–H and O–H groups in total. The normalized spacial score (nSPS) is 22.1. The zero-order valence-corrected chi connectivity index (χ0v) is 15.7. The Balaban J connectivity index is 1.43. The molecule has 28 heavy (non-hydrogen) atoms. The Hall–Kier alpha value is -2.70. The summed E-state index contributed by atoms with van der Waals surface area (Å²) in [5.41, 5.74) is 2.23. The summed E-state index contributed by atoms with van der Waals surface area (Å²) in [6.45, 7) is 2.18. The summed E-state index contributed by atoms with van der Waals surface area (Å²) in [6, 6.07) is 17.0. The lowest BCUT2D eigenvalue weighted by Gasteiger charge is -2.33. The van der Waals surface area contributed by atoms with Crippen LogP contribution >= 0.6 is 0 Å². The molecular formula is C22H24N2O4. The SMILES string of the molecule is O=C(Nc1cccc(C(=O)N2CCO[C@H](c3ccccc3)C2)c1)[C@H]1CCCO1. The number of ether oxygens (including phenoxy) is 2. The number of morpholine rings is 1. The minimum Gasteiger partial charge on any atom is -0.370 e. The molecule has 2 fully saturated rings. The number of amides is 2. The van der Waals surface area contributed by atoms with E-state index in [-0.39, 0.29) is 17.9 Å². The maximum atomic E-state index is 13.0. The van der Waals surface area contributed by atoms with Crippen LogP contribution in [-0.2, 0) is 14.3 Å². The molecule has 4 rings (SSSR count). The van der Waals surface area contributed by atoms with Crippen molar-refractivity contribution in [1.29, 1.82) is 0 Å². The fourth-order valence-corrected chi connectivity index (χ4v) is 3.62. The van der Waals surface area contributed by atoms with Crippen molar-refractivity contribution < 1.29 is 19.1 Å². The van der Waals surface area contributed by atoms with Crippen molar-refractivity contribution in [2.45, 2.75) is 25.0 Å². The molecule has 0 spiro atoms. The second kappa shape index (κ2) is 8.54. The minimum atomic E-state index is -0.398. The van der Waals surface area contributed by atoms with Gasteiger partial charge in [-0.25, -0.2) is 0 Å². The van der Waals surface area contributed by atoms with Gasteiger partial charge in [-0.15, -0.1) is 0 Å². The lowest BCUT2D eigenvalue weighted by atomic mass is 10.1. The quantitative estimate of drug-likeness (QED) is 0.885. The Labute approximate surface area is 164 Å². The van der Waals surface area contributed by atoms with Crippen LogP contribution in [-0.4, -0.2) is 49.1 Å². The number of nitrogens with zero attached hydrogens (tertiary/aromatic N) is 1. The molecule has 2 heterocycles. The number of benzene rings is 2. The van der Waals surface area contributed by atoms with E-state index in [9.17, 15) is 9.59 Å². The molecule has 6 heteroatoms. The van der Waals surface area contributed by atoms with Gasteiger partial charge in [-0.2, -0.15) is 0 Å². The highest BCUT2D eigenvalue weighted by molar-refractivity contribution is 5.98. The number of carbonyl (C=O) groups excluding carboxylic acids is 2. The molecule has 2 atom stereocenters. The largest absolute Gasteiger partial charge is 0.370 e. The number of nitrogens with one attached hydrogen (secondary N) is 1. The second-order valence-electron chi connectivity index (χ2n) is 7.09. The molecule has 0 aromatic heterocycles. The third kappa shape index (κ3) is 4.24. The van der Waals surface area contributed by atoms with Crippen molar-refractivity contribution in [3.8, 4) is 0 Å². The summed E-state index contributed by atoms with van der Waals surface area (Å²) < 4.78 is 11.3. The number of carbonyl (C=O) groups is 2. The van der Waals surface area contributed by atoms with Crippen LogP contribution in [0.5, 0.6) is 0 Å². The molecule has 2 aromatic rings. The van der Waals surface area contributed by atoms with E-state index in [1.807, 2.05) is 35.2 Å². The first-order valence-electron chi connectivity index (χ1n) is 9.69. The number of rotatable bonds is 4. The van der Waals surface area contributed by atoms with Crippen LogP contribution in [0.2, 0.25) is 0 Å². The second-order valence-corrected chi connectivity index (χ2v) is 7.09. The summed E-state index contributed by atoms with van der Waals surface area (Å²) in [4.78, 5) is 27.1. The molecule has 0 aliphatic carbocycles. The molecule has 146 valence electrons. The first-order chi connectivity index (χ1) is 13.7. The van der Waals surface area contributed by atoms with Gasteiger partial charge in [0, 0.05) is 24.4 Å². The molecular weight excluding hydrogens is 356 g/mol. The first kappa shape index (κ1) is 18.7. The standard InChI is InChI=1S/C22H24N2O4/c25-21(19-10-5-12-27-19)23-18-9-4-8-17(14-18)22(26)24-11-13-28-20(15-24)16-6-2-1-3-7-16/h1-4,6-9,14,19-20H,5,10-13,15H2,(H,23,25)/t19-,20+/m1/s1. The van der Waals surface area contributed by atoms with E-state index in [2.05, 4.69) is 5.32 Å². The van der Waals surface area contributed by atoms with Gasteiger partial charge in [0.2, 0.25) is 0 Å². The third-order valence-electron chi connectivity index (χ3n) is 5.12. The molecule has 2 saturated heterocycles. The minimum absolute atomic E-state index is 0.0579. The predicted octanol–water partition coefficient (Wildman–Crippen LogP) is 3.02. The maximum Gasteiger partial charge on any atom is 0.254 e. The molecule has 2 amide bonds. The topological polar surface area (TPSA) is 67.9 Å². The highest BCUT2D eigenvalue weighted by Gasteiger charge is 2.27. The Morgan fingerprint density at radius 1 is 1.00 bits per heavy atom. The summed E-state index contributed by atoms with van der Waals surface area (Å²) in [6.07, 6.45) is 1.11. The molecule has 0 saturated carbocycles. The zero-order chi connectivity index (χ0) is 19.3. The van der Waals surface area contributed by atoms with E-state index in [0.29, 0.717) is 37.6 Å². The summed E-state index contributed by atoms with van der Waals surface area (Å²) >= 11 is 0. The molecule has 2 aliphatic heterocycles. The van der Waals surface area contributed by atoms with E-state index in [4.69, 9.17) is 9.47 Å². The third-order valence-corrected chi connectivity index (χ3v) is 5.12. The number of hydrogen-bond acceptors (Lipinski definition) is 4. The van der Waals surface area contributed by atoms with Gasteiger partial charge < -0.3 is 19.7 Å². The first-order valence-corrected chi connectivity index (χ1v) is 9.69. The van der Waals surface area contributed by atoms with Crippen LogP contribution in [0.15, 0.2) is 54.6 Å². The predicted molar refractivity (Wildman–Crippen MR) is 105 cm³/mol. The Kier molecular flexibility index (Phi) is 5.69. The summed E-state index contributed by atoms with van der Waals surface area (Å²) in [5, 5.41) is 2.86. The Morgan fingerprint density at radius 3 is 2.64 bits per heavy atom. The zero-order valence-electron chi connectivity index (χ0n) is 15.7. The molecule has 2 aliphatic rings. The number of hydrogen-bond donors (Lipinski definition) is 1. The van der Waals surface area contributed by atoms with Gasteiger partial charge in [0.15, 0.2) is 0 Å². The van der Waals surface area contributed by atoms with Gasteiger partial charge in [-0.05, 0) is 36.6 Å². The maximum absolute atomic E-state index is 13.0. The van der Waals surface area contributed by atoms with Crippen LogP contribution in [0.25, 0.3) is 0 Å². The molecule has 2 aromatic carbocycles. The molecule has 0 unspecified atom stereocenters. The van der Waals surface area contributed by atoms with E-state index in [1.54, 1.807) is 24.3 Å². The fraction of sp³-hybridized carbons (Fsp3) is 0.364. The van der Waals surface area contributed by atoms with Crippen LogP contribution in [0.1, 0.15) is 34.9 Å². The smallest absolute Gasteiger partial charge is 0.254 e. The average molecular weight is 380 g/mol. The van der Waals surface area contributed by atoms with Crippen molar-refractivity contribution in [1.82, 2.24) is 4.90 Å². The van der Waals surface area contributed by atoms with Crippen molar-refractivity contribution in [3.05, 3.63) is 65.7 Å². The fourth-order valence-electron chi connectivity index (χ4n) is 3.62. The van der Waals surface area contributed by atoms with Gasteiger partial charge in [0.05, 0.1) is 13.2 Å². The van der Waals surface area contributed by atoms with Gasteiger partial charge in [0.25, 0.3) is 11.8 Å². The van der Waals surface area contributed by atoms with Gasteiger partial charge in [0.1, 0.15) is 12.2 Å². The van der Waals surface area contributed by atoms with Crippen molar-refractivity contribution in [3.63, 3.8) is 0 Å². The monoisotopic (exact) mass is 380 g/mol. The van der Waals surface area contributed by atoms with Gasteiger partial charge >= 0.3 is 0 Å². The van der Waals surface area contributed by atoms with Crippen LogP contribution in [0.4, 0.5) is 5.69 Å². The summed E-state index contributed by atoms with van der Waals surface area (Å²) in [5.74, 6) is -0.213. The lowest BCUT2D eigenvalue weighted by Crippen LogP contribution is -2.42. The van der Waals surface area contributed by atoms with Gasteiger partial charge in [-0.1, -0.05) is 36.4 Å². The highest BCUT2D eigenvalue weighted by Crippen LogP contribution is 2.24. The Morgan fingerprint density at radius 2 is 1.86 bits per heavy atom. The van der Waals surface area contributed by atoms with Crippen LogP contribution in [0.3, 0.4) is 0 Å². The number of anilines is 1. The van der Waals surface area contributed by atoms with Crippen LogP contribution in [0, 0.1) is 0 Å². The van der Waals surface area contributed by atoms with Gasteiger partial charge in [-0.3, -0.25) is 9.59 Å². The lowest BCUT2D eigenvalue weighted by molar-refractivity contribution is -0.124. The average Bonchev–Trinajstić information content (AvgIpc) is 3.29. The summed E-state index contributed by atoms with van der Waals surface area (Å²) in [7, 11) is 0. The van der Waals surface area contributed by atoms with E-state index in [1.165, 1.54) is 0 Å². The van der Waals surface area contributed by atoms with Crippen molar-refractivity contribution in [2.75, 3.05) is 31.6 Å². The van der Waals surface area contributed by atoms with E-state index < -0.39 is 6.10 Å². The Bertz CT molecular complexity index is 833. The van der Waals surface area contributed by atoms with E-state index >= 15 is 0 Å². The molecule has 0 radical (unpaired) electrons. The highest BCUT2D eigenvalue weighted by atomic mass is 16.5. The van der Waals surface area contributed by atoms with E-state index in [0.717, 1.165) is 18.4 Å².